The summed E-state index contributed by atoms with van der Waals surface area (Å²) in [6, 6.07) is 11.5. The van der Waals surface area contributed by atoms with Gasteiger partial charge in [-0.05, 0) is 36.8 Å². The van der Waals surface area contributed by atoms with Crippen molar-refractivity contribution in [2.75, 3.05) is 10.6 Å². The average Bonchev–Trinajstić information content (AvgIpc) is 3.06. The van der Waals surface area contributed by atoms with E-state index in [2.05, 4.69) is 15.6 Å². The van der Waals surface area contributed by atoms with E-state index in [1.165, 1.54) is 30.4 Å². The van der Waals surface area contributed by atoms with Crippen LogP contribution in [0, 0.1) is 12.7 Å². The standard InChI is InChI=1S/C20H18FN3O2S/c1-12-17(22-13(2)25)7-4-8-18(12)24-19(26)10-16-11-27-20(23-16)14-5-3-6-15(21)9-14/h3-9,11H,10H2,1-2H3,(H,22,25)(H,24,26). The average molecular weight is 383 g/mol. The summed E-state index contributed by atoms with van der Waals surface area (Å²) in [5.74, 6) is -0.709. The van der Waals surface area contributed by atoms with Crippen molar-refractivity contribution in [3.63, 3.8) is 0 Å². The molecule has 2 amide bonds. The zero-order valence-corrected chi connectivity index (χ0v) is 15.7. The van der Waals surface area contributed by atoms with Gasteiger partial charge >= 0.3 is 0 Å². The molecule has 7 heteroatoms. The zero-order chi connectivity index (χ0) is 19.4. The van der Waals surface area contributed by atoms with Crippen LogP contribution in [0.2, 0.25) is 0 Å². The van der Waals surface area contributed by atoms with Crippen LogP contribution in [0.15, 0.2) is 47.8 Å². The molecule has 0 radical (unpaired) electrons. The number of halogens is 1. The highest BCUT2D eigenvalue weighted by Crippen LogP contribution is 2.26. The van der Waals surface area contributed by atoms with Crippen molar-refractivity contribution in [3.05, 3.63) is 64.9 Å². The van der Waals surface area contributed by atoms with Gasteiger partial charge in [0.1, 0.15) is 10.8 Å². The zero-order valence-electron chi connectivity index (χ0n) is 14.9. The van der Waals surface area contributed by atoms with Crippen molar-refractivity contribution < 1.29 is 14.0 Å². The van der Waals surface area contributed by atoms with Crippen LogP contribution in [0.3, 0.4) is 0 Å². The second-order valence-electron chi connectivity index (χ2n) is 6.04. The number of amides is 2. The molecule has 1 heterocycles. The molecule has 2 N–H and O–H groups in total. The van der Waals surface area contributed by atoms with Crippen molar-refractivity contribution >= 4 is 34.5 Å². The topological polar surface area (TPSA) is 71.1 Å². The minimum absolute atomic E-state index is 0.107. The molecule has 3 aromatic rings. The number of nitrogens with zero attached hydrogens (tertiary/aromatic N) is 1. The first-order valence-corrected chi connectivity index (χ1v) is 9.18. The molecular formula is C20H18FN3O2S. The Morgan fingerprint density at radius 3 is 2.52 bits per heavy atom. The first-order chi connectivity index (χ1) is 12.9. The predicted molar refractivity (Wildman–Crippen MR) is 105 cm³/mol. The molecule has 0 spiro atoms. The molecule has 2 aromatic carbocycles. The lowest BCUT2D eigenvalue weighted by atomic mass is 10.1. The molecule has 27 heavy (non-hydrogen) atoms. The predicted octanol–water partition coefficient (Wildman–Crippen LogP) is 4.40. The molecule has 0 aliphatic carbocycles. The first kappa shape index (κ1) is 18.7. The summed E-state index contributed by atoms with van der Waals surface area (Å²) in [5.41, 5.74) is 3.37. The van der Waals surface area contributed by atoms with Crippen molar-refractivity contribution in [1.82, 2.24) is 4.98 Å². The Hall–Kier alpha value is -3.06. The van der Waals surface area contributed by atoms with Gasteiger partial charge in [-0.1, -0.05) is 18.2 Å². The van der Waals surface area contributed by atoms with E-state index in [9.17, 15) is 14.0 Å². The molecule has 0 saturated heterocycles. The first-order valence-electron chi connectivity index (χ1n) is 8.30. The third kappa shape index (κ3) is 4.77. The van der Waals surface area contributed by atoms with Gasteiger partial charge in [-0.25, -0.2) is 9.37 Å². The molecule has 0 atom stereocenters. The number of anilines is 2. The van der Waals surface area contributed by atoms with Crippen molar-refractivity contribution in [3.8, 4) is 10.6 Å². The van der Waals surface area contributed by atoms with Crippen LogP contribution in [-0.2, 0) is 16.0 Å². The second kappa shape index (κ2) is 8.09. The Labute approximate surface area is 160 Å². The normalized spacial score (nSPS) is 10.5. The number of rotatable bonds is 5. The fraction of sp³-hybridized carbons (Fsp3) is 0.150. The Morgan fingerprint density at radius 2 is 1.81 bits per heavy atom. The summed E-state index contributed by atoms with van der Waals surface area (Å²) in [7, 11) is 0. The summed E-state index contributed by atoms with van der Waals surface area (Å²) in [6.07, 6.45) is 0.107. The molecular weight excluding hydrogens is 365 g/mol. The van der Waals surface area contributed by atoms with Crippen molar-refractivity contribution in [2.24, 2.45) is 0 Å². The molecule has 0 aliphatic rings. The summed E-state index contributed by atoms with van der Waals surface area (Å²) < 4.78 is 13.3. The number of carbonyl (C=O) groups excluding carboxylic acids is 2. The second-order valence-corrected chi connectivity index (χ2v) is 6.90. The van der Waals surface area contributed by atoms with E-state index < -0.39 is 0 Å². The summed E-state index contributed by atoms with van der Waals surface area (Å²) in [5, 5.41) is 8.04. The summed E-state index contributed by atoms with van der Waals surface area (Å²) in [6.45, 7) is 3.26. The van der Waals surface area contributed by atoms with Gasteiger partial charge in [0.2, 0.25) is 11.8 Å². The van der Waals surface area contributed by atoms with Crippen LogP contribution in [0.1, 0.15) is 18.2 Å². The molecule has 1 aromatic heterocycles. The van der Waals surface area contributed by atoms with E-state index >= 15 is 0 Å². The van der Waals surface area contributed by atoms with E-state index in [-0.39, 0.29) is 24.1 Å². The molecule has 138 valence electrons. The number of hydrogen-bond donors (Lipinski definition) is 2. The van der Waals surface area contributed by atoms with Gasteiger partial charge in [-0.3, -0.25) is 9.59 Å². The van der Waals surface area contributed by atoms with Crippen LogP contribution < -0.4 is 10.6 Å². The monoisotopic (exact) mass is 383 g/mol. The van der Waals surface area contributed by atoms with Crippen LogP contribution in [0.5, 0.6) is 0 Å². The lowest BCUT2D eigenvalue weighted by molar-refractivity contribution is -0.116. The van der Waals surface area contributed by atoms with E-state index in [4.69, 9.17) is 0 Å². The van der Waals surface area contributed by atoms with Crippen LogP contribution in [0.4, 0.5) is 15.8 Å². The molecule has 0 bridgehead atoms. The van der Waals surface area contributed by atoms with Gasteiger partial charge in [0.05, 0.1) is 12.1 Å². The van der Waals surface area contributed by atoms with Gasteiger partial charge < -0.3 is 10.6 Å². The number of nitrogens with one attached hydrogen (secondary N) is 2. The molecule has 0 saturated carbocycles. The molecule has 0 fully saturated rings. The van der Waals surface area contributed by atoms with Gasteiger partial charge in [0, 0.05) is 29.2 Å². The van der Waals surface area contributed by atoms with Gasteiger partial charge in [0.15, 0.2) is 0 Å². The van der Waals surface area contributed by atoms with Crippen LogP contribution in [-0.4, -0.2) is 16.8 Å². The maximum absolute atomic E-state index is 13.3. The summed E-state index contributed by atoms with van der Waals surface area (Å²) >= 11 is 1.37. The van der Waals surface area contributed by atoms with Crippen LogP contribution in [0.25, 0.3) is 10.6 Å². The fourth-order valence-electron chi connectivity index (χ4n) is 2.60. The lowest BCUT2D eigenvalue weighted by Gasteiger charge is -2.12. The number of carbonyl (C=O) groups is 2. The maximum atomic E-state index is 13.3. The highest BCUT2D eigenvalue weighted by Gasteiger charge is 2.12. The Balaban J connectivity index is 1.69. The molecule has 0 aliphatic heterocycles. The van der Waals surface area contributed by atoms with E-state index in [0.717, 1.165) is 5.56 Å². The molecule has 5 nitrogen and oxygen atoms in total. The number of hydrogen-bond acceptors (Lipinski definition) is 4. The van der Waals surface area contributed by atoms with Gasteiger partial charge in [0.25, 0.3) is 0 Å². The Bertz CT molecular complexity index is 1000. The van der Waals surface area contributed by atoms with E-state index in [0.29, 0.717) is 27.6 Å². The lowest BCUT2D eigenvalue weighted by Crippen LogP contribution is -2.16. The van der Waals surface area contributed by atoms with E-state index in [1.807, 2.05) is 6.92 Å². The number of aromatic nitrogens is 1. The molecule has 3 rings (SSSR count). The third-order valence-corrected chi connectivity index (χ3v) is 4.82. The summed E-state index contributed by atoms with van der Waals surface area (Å²) in [4.78, 5) is 28.0. The quantitative estimate of drug-likeness (QED) is 0.686. The van der Waals surface area contributed by atoms with Crippen molar-refractivity contribution in [1.29, 1.82) is 0 Å². The largest absolute Gasteiger partial charge is 0.326 e. The minimum Gasteiger partial charge on any atom is -0.326 e. The smallest absolute Gasteiger partial charge is 0.230 e. The SMILES string of the molecule is CC(=O)Nc1cccc(NC(=O)Cc2csc(-c3cccc(F)c3)n2)c1C. The van der Waals surface area contributed by atoms with Crippen molar-refractivity contribution in [2.45, 2.75) is 20.3 Å². The number of thiazole rings is 1. The van der Waals surface area contributed by atoms with Gasteiger partial charge in [-0.15, -0.1) is 11.3 Å². The fourth-order valence-corrected chi connectivity index (χ4v) is 3.41. The number of benzene rings is 2. The van der Waals surface area contributed by atoms with E-state index in [1.54, 1.807) is 35.7 Å². The van der Waals surface area contributed by atoms with Crippen LogP contribution >= 0.6 is 11.3 Å². The highest BCUT2D eigenvalue weighted by atomic mass is 32.1. The van der Waals surface area contributed by atoms with Gasteiger partial charge in [-0.2, -0.15) is 0 Å². The maximum Gasteiger partial charge on any atom is 0.230 e. The third-order valence-electron chi connectivity index (χ3n) is 3.88. The Morgan fingerprint density at radius 1 is 1.11 bits per heavy atom. The highest BCUT2D eigenvalue weighted by molar-refractivity contribution is 7.13. The minimum atomic E-state index is -0.323. The molecule has 0 unspecified atom stereocenters. The Kier molecular flexibility index (Phi) is 5.61.